The van der Waals surface area contributed by atoms with Gasteiger partial charge in [-0.05, 0) is 60.1 Å². The number of hydrogen-bond acceptors (Lipinski definition) is 1. The summed E-state index contributed by atoms with van der Waals surface area (Å²) < 4.78 is 5.22. The zero-order valence-electron chi connectivity index (χ0n) is 12.9. The Morgan fingerprint density at radius 2 is 2.00 bits per heavy atom. The molecule has 2 unspecified atom stereocenters. The van der Waals surface area contributed by atoms with Crippen LogP contribution in [0.25, 0.3) is 0 Å². The summed E-state index contributed by atoms with van der Waals surface area (Å²) >= 11 is 0. The molecule has 1 aliphatic rings. The molecule has 1 aromatic carbocycles. The van der Waals surface area contributed by atoms with Crippen molar-refractivity contribution in [3.05, 3.63) is 34.9 Å². The number of aryl methyl sites for hydroxylation is 1. The zero-order chi connectivity index (χ0) is 13.8. The maximum Gasteiger partial charge on any atom is 0.0464 e. The number of methoxy groups -OCH3 is 1. The molecular formula is C18H28O. The average Bonchev–Trinajstić information content (AvgIpc) is 2.43. The van der Waals surface area contributed by atoms with Crippen LogP contribution in [-0.4, -0.2) is 13.7 Å². The molecule has 106 valence electrons. The van der Waals surface area contributed by atoms with Gasteiger partial charge in [0.15, 0.2) is 0 Å². The summed E-state index contributed by atoms with van der Waals surface area (Å²) in [5, 5.41) is 0. The lowest BCUT2D eigenvalue weighted by atomic mass is 9.76. The maximum atomic E-state index is 5.22. The highest BCUT2D eigenvalue weighted by molar-refractivity contribution is 5.35. The van der Waals surface area contributed by atoms with Crippen LogP contribution in [-0.2, 0) is 17.6 Å². The first-order chi connectivity index (χ1) is 9.11. The molecule has 0 heterocycles. The first kappa shape index (κ1) is 14.6. The molecule has 0 amide bonds. The Morgan fingerprint density at radius 3 is 2.68 bits per heavy atom. The smallest absolute Gasteiger partial charge is 0.0464 e. The van der Waals surface area contributed by atoms with E-state index in [1.165, 1.54) is 31.2 Å². The summed E-state index contributed by atoms with van der Waals surface area (Å²) in [4.78, 5) is 0. The summed E-state index contributed by atoms with van der Waals surface area (Å²) in [5.41, 5.74) is 4.68. The molecule has 1 aliphatic carbocycles. The van der Waals surface area contributed by atoms with Gasteiger partial charge in [-0.15, -0.1) is 0 Å². The lowest BCUT2D eigenvalue weighted by Crippen LogP contribution is -2.22. The van der Waals surface area contributed by atoms with Crippen molar-refractivity contribution in [2.24, 2.45) is 11.8 Å². The first-order valence-electron chi connectivity index (χ1n) is 7.72. The van der Waals surface area contributed by atoms with Crippen LogP contribution < -0.4 is 0 Å². The molecule has 0 aliphatic heterocycles. The average molecular weight is 260 g/mol. The van der Waals surface area contributed by atoms with Gasteiger partial charge in [0.25, 0.3) is 0 Å². The Kier molecular flexibility index (Phi) is 5.04. The highest BCUT2D eigenvalue weighted by Crippen LogP contribution is 2.33. The van der Waals surface area contributed by atoms with E-state index in [-0.39, 0.29) is 0 Å². The van der Waals surface area contributed by atoms with Crippen LogP contribution in [0, 0.1) is 11.8 Å². The summed E-state index contributed by atoms with van der Waals surface area (Å²) in [6, 6.07) is 7.13. The normalized spacial score (nSPS) is 20.4. The topological polar surface area (TPSA) is 9.23 Å². The summed E-state index contributed by atoms with van der Waals surface area (Å²) in [7, 11) is 1.80. The van der Waals surface area contributed by atoms with Crippen LogP contribution in [0.3, 0.4) is 0 Å². The second-order valence-corrected chi connectivity index (χ2v) is 6.44. The number of ether oxygens (including phenoxy) is 1. The molecule has 2 atom stereocenters. The van der Waals surface area contributed by atoms with Crippen molar-refractivity contribution in [3.8, 4) is 0 Å². The van der Waals surface area contributed by atoms with Gasteiger partial charge >= 0.3 is 0 Å². The lowest BCUT2D eigenvalue weighted by Gasteiger charge is -2.30. The molecule has 19 heavy (non-hydrogen) atoms. The van der Waals surface area contributed by atoms with Gasteiger partial charge in [-0.3, -0.25) is 0 Å². The van der Waals surface area contributed by atoms with Gasteiger partial charge < -0.3 is 4.74 Å². The van der Waals surface area contributed by atoms with Crippen LogP contribution in [0.5, 0.6) is 0 Å². The van der Waals surface area contributed by atoms with Crippen LogP contribution in [0.2, 0.25) is 0 Å². The first-order valence-corrected chi connectivity index (χ1v) is 7.72. The van der Waals surface area contributed by atoms with Crippen LogP contribution in [0.4, 0.5) is 0 Å². The second-order valence-electron chi connectivity index (χ2n) is 6.44. The molecule has 1 nitrogen and oxygen atoms in total. The Morgan fingerprint density at radius 1 is 1.21 bits per heavy atom. The van der Waals surface area contributed by atoms with E-state index in [0.717, 1.165) is 18.4 Å². The minimum absolute atomic E-state index is 0.636. The molecule has 0 bridgehead atoms. The standard InChI is InChI=1S/C18H28O/c1-13(2)16-7-5-15-6-8-17(12-18(15)11-16)14(3)9-10-19-4/h5,7,11,13-14,17H,6,8-10,12H2,1-4H3. The second kappa shape index (κ2) is 6.56. The monoisotopic (exact) mass is 260 g/mol. The molecule has 0 fully saturated rings. The molecule has 0 aromatic heterocycles. The SMILES string of the molecule is COCCC(C)C1CCc2ccc(C(C)C)cc2C1. The third-order valence-corrected chi connectivity index (χ3v) is 4.75. The fourth-order valence-corrected chi connectivity index (χ4v) is 3.19. The Balaban J connectivity index is 2.07. The highest BCUT2D eigenvalue weighted by Gasteiger charge is 2.23. The molecule has 0 spiro atoms. The lowest BCUT2D eigenvalue weighted by molar-refractivity contribution is 0.161. The fourth-order valence-electron chi connectivity index (χ4n) is 3.19. The predicted molar refractivity (Wildman–Crippen MR) is 81.7 cm³/mol. The van der Waals surface area contributed by atoms with E-state index in [1.54, 1.807) is 18.2 Å². The van der Waals surface area contributed by atoms with Gasteiger partial charge in [0.2, 0.25) is 0 Å². The van der Waals surface area contributed by atoms with Crippen LogP contribution >= 0.6 is 0 Å². The Bertz CT molecular complexity index is 408. The molecule has 0 saturated heterocycles. The van der Waals surface area contributed by atoms with E-state index in [9.17, 15) is 0 Å². The molecule has 1 heteroatoms. The number of rotatable bonds is 5. The van der Waals surface area contributed by atoms with Crippen molar-refractivity contribution < 1.29 is 4.74 Å². The van der Waals surface area contributed by atoms with Gasteiger partial charge in [0, 0.05) is 13.7 Å². The Labute approximate surface area is 118 Å². The Hall–Kier alpha value is -0.820. The number of hydrogen-bond donors (Lipinski definition) is 0. The van der Waals surface area contributed by atoms with Crippen molar-refractivity contribution in [1.82, 2.24) is 0 Å². The van der Waals surface area contributed by atoms with Crippen molar-refractivity contribution in [1.29, 1.82) is 0 Å². The van der Waals surface area contributed by atoms with Crippen molar-refractivity contribution in [2.75, 3.05) is 13.7 Å². The minimum atomic E-state index is 0.636. The summed E-state index contributed by atoms with van der Waals surface area (Å²) in [6.07, 6.45) is 5.07. The van der Waals surface area contributed by atoms with Crippen molar-refractivity contribution >= 4 is 0 Å². The molecule has 1 aromatic rings. The van der Waals surface area contributed by atoms with Crippen molar-refractivity contribution in [2.45, 2.75) is 52.4 Å². The quantitative estimate of drug-likeness (QED) is 0.752. The van der Waals surface area contributed by atoms with Gasteiger partial charge in [-0.25, -0.2) is 0 Å². The molecule has 0 saturated carbocycles. The third kappa shape index (κ3) is 3.60. The number of fused-ring (bicyclic) bond motifs is 1. The van der Waals surface area contributed by atoms with E-state index in [1.807, 2.05) is 0 Å². The van der Waals surface area contributed by atoms with E-state index in [0.29, 0.717) is 5.92 Å². The van der Waals surface area contributed by atoms with E-state index < -0.39 is 0 Å². The minimum Gasteiger partial charge on any atom is -0.385 e. The fraction of sp³-hybridized carbons (Fsp3) is 0.667. The van der Waals surface area contributed by atoms with Crippen molar-refractivity contribution in [3.63, 3.8) is 0 Å². The van der Waals surface area contributed by atoms with Crippen LogP contribution in [0.15, 0.2) is 18.2 Å². The predicted octanol–water partition coefficient (Wildman–Crippen LogP) is 4.59. The largest absolute Gasteiger partial charge is 0.385 e. The summed E-state index contributed by atoms with van der Waals surface area (Å²) in [5.74, 6) is 2.25. The molecule has 2 rings (SSSR count). The maximum absolute atomic E-state index is 5.22. The molecule has 0 N–H and O–H groups in total. The highest BCUT2D eigenvalue weighted by atomic mass is 16.5. The van der Waals surface area contributed by atoms with Crippen LogP contribution in [0.1, 0.15) is 56.2 Å². The summed E-state index contributed by atoms with van der Waals surface area (Å²) in [6.45, 7) is 7.85. The zero-order valence-corrected chi connectivity index (χ0v) is 12.9. The van der Waals surface area contributed by atoms with Gasteiger partial charge in [0.1, 0.15) is 0 Å². The number of benzene rings is 1. The van der Waals surface area contributed by atoms with Gasteiger partial charge in [0.05, 0.1) is 0 Å². The molecular weight excluding hydrogens is 232 g/mol. The van der Waals surface area contributed by atoms with E-state index in [4.69, 9.17) is 4.74 Å². The molecule has 0 radical (unpaired) electrons. The van der Waals surface area contributed by atoms with E-state index in [2.05, 4.69) is 39.0 Å². The van der Waals surface area contributed by atoms with Gasteiger partial charge in [-0.2, -0.15) is 0 Å². The van der Waals surface area contributed by atoms with E-state index >= 15 is 0 Å². The van der Waals surface area contributed by atoms with Gasteiger partial charge in [-0.1, -0.05) is 39.0 Å². The third-order valence-electron chi connectivity index (χ3n) is 4.75.